The van der Waals surface area contributed by atoms with Crippen LogP contribution in [0.5, 0.6) is 0 Å². The van der Waals surface area contributed by atoms with Crippen molar-refractivity contribution in [3.05, 3.63) is 0 Å². The third-order valence-electron chi connectivity index (χ3n) is 4.49. The lowest BCUT2D eigenvalue weighted by Gasteiger charge is -2.42. The zero-order chi connectivity index (χ0) is 14.1. The normalized spacial score (nSPS) is 34.1. The summed E-state index contributed by atoms with van der Waals surface area (Å²) in [5.74, 6) is -0.344. The molecule has 0 spiro atoms. The molecule has 1 rings (SSSR count). The molecule has 4 heteroatoms. The molecule has 0 aliphatic heterocycles. The van der Waals surface area contributed by atoms with Crippen LogP contribution < -0.4 is 0 Å². The van der Waals surface area contributed by atoms with Gasteiger partial charge in [0.15, 0.2) is 5.60 Å². The standard InChI is InChI=1S/C14H26O4/c1-8(2)10-6-5-9(3)7-11(10)12(15)14(4,18)13(16)17/h8-12,15,18H,5-7H2,1-4H3,(H,16,17)/t9-,10+,11-,12?,14?/m1/s1. The number of carboxylic acids is 1. The predicted octanol–water partition coefficient (Wildman–Crippen LogP) is 1.89. The number of hydrogen-bond donors (Lipinski definition) is 3. The Morgan fingerprint density at radius 1 is 1.28 bits per heavy atom. The van der Waals surface area contributed by atoms with Crippen molar-refractivity contribution in [3.63, 3.8) is 0 Å². The quantitative estimate of drug-likeness (QED) is 0.719. The molecule has 4 nitrogen and oxygen atoms in total. The van der Waals surface area contributed by atoms with Gasteiger partial charge >= 0.3 is 5.97 Å². The van der Waals surface area contributed by atoms with Gasteiger partial charge in [-0.15, -0.1) is 0 Å². The van der Waals surface area contributed by atoms with Gasteiger partial charge < -0.3 is 15.3 Å². The van der Waals surface area contributed by atoms with E-state index in [0.717, 1.165) is 19.3 Å². The molecule has 18 heavy (non-hydrogen) atoms. The third kappa shape index (κ3) is 3.04. The Morgan fingerprint density at radius 2 is 1.83 bits per heavy atom. The van der Waals surface area contributed by atoms with Crippen LogP contribution in [0.2, 0.25) is 0 Å². The van der Waals surface area contributed by atoms with E-state index in [4.69, 9.17) is 5.11 Å². The third-order valence-corrected chi connectivity index (χ3v) is 4.49. The molecule has 0 aromatic heterocycles. The molecular weight excluding hydrogens is 232 g/mol. The Kier molecular flexibility index (Phi) is 4.78. The van der Waals surface area contributed by atoms with Crippen LogP contribution in [0.4, 0.5) is 0 Å². The fraction of sp³-hybridized carbons (Fsp3) is 0.929. The molecule has 5 atom stereocenters. The maximum Gasteiger partial charge on any atom is 0.338 e. The number of rotatable bonds is 4. The van der Waals surface area contributed by atoms with Gasteiger partial charge in [-0.1, -0.05) is 27.2 Å². The Balaban J connectivity index is 2.91. The van der Waals surface area contributed by atoms with E-state index in [9.17, 15) is 15.0 Å². The molecule has 0 bridgehead atoms. The lowest BCUT2D eigenvalue weighted by Crippen LogP contribution is -2.53. The van der Waals surface area contributed by atoms with Gasteiger partial charge in [0.05, 0.1) is 6.10 Å². The summed E-state index contributed by atoms with van der Waals surface area (Å²) in [7, 11) is 0. The average molecular weight is 258 g/mol. The number of carbonyl (C=O) groups is 1. The summed E-state index contributed by atoms with van der Waals surface area (Å²) in [5, 5.41) is 29.3. The maximum absolute atomic E-state index is 11.1. The van der Waals surface area contributed by atoms with E-state index in [2.05, 4.69) is 20.8 Å². The van der Waals surface area contributed by atoms with Crippen molar-refractivity contribution < 1.29 is 20.1 Å². The van der Waals surface area contributed by atoms with E-state index in [-0.39, 0.29) is 11.8 Å². The first-order valence-corrected chi connectivity index (χ1v) is 6.81. The second-order valence-electron chi connectivity index (χ2n) is 6.39. The highest BCUT2D eigenvalue weighted by Crippen LogP contribution is 2.41. The first-order chi connectivity index (χ1) is 8.17. The monoisotopic (exact) mass is 258 g/mol. The average Bonchev–Trinajstić information content (AvgIpc) is 2.27. The molecular formula is C14H26O4. The van der Waals surface area contributed by atoms with Gasteiger partial charge in [0.25, 0.3) is 0 Å². The van der Waals surface area contributed by atoms with E-state index >= 15 is 0 Å². The first kappa shape index (κ1) is 15.4. The van der Waals surface area contributed by atoms with Crippen molar-refractivity contribution in [1.29, 1.82) is 0 Å². The molecule has 0 saturated heterocycles. The van der Waals surface area contributed by atoms with Crippen molar-refractivity contribution in [2.45, 2.75) is 58.7 Å². The summed E-state index contributed by atoms with van der Waals surface area (Å²) < 4.78 is 0. The molecule has 3 N–H and O–H groups in total. The maximum atomic E-state index is 11.1. The molecule has 1 aliphatic rings. The van der Waals surface area contributed by atoms with Crippen LogP contribution in [-0.4, -0.2) is 33.0 Å². The smallest absolute Gasteiger partial charge is 0.338 e. The number of carboxylic acid groups (broad SMARTS) is 1. The van der Waals surface area contributed by atoms with Crippen LogP contribution in [0.25, 0.3) is 0 Å². The van der Waals surface area contributed by atoms with Gasteiger partial charge in [-0.2, -0.15) is 0 Å². The Hall–Kier alpha value is -0.610. The topological polar surface area (TPSA) is 77.8 Å². The largest absolute Gasteiger partial charge is 0.479 e. The minimum atomic E-state index is -2.06. The van der Waals surface area contributed by atoms with Crippen LogP contribution in [-0.2, 0) is 4.79 Å². The molecule has 0 radical (unpaired) electrons. The number of hydrogen-bond acceptors (Lipinski definition) is 3. The van der Waals surface area contributed by atoms with Crippen LogP contribution in [0, 0.1) is 23.7 Å². The van der Waals surface area contributed by atoms with Crippen LogP contribution in [0.15, 0.2) is 0 Å². The van der Waals surface area contributed by atoms with Gasteiger partial charge in [-0.3, -0.25) is 0 Å². The summed E-state index contributed by atoms with van der Waals surface area (Å²) in [6, 6.07) is 0. The SMILES string of the molecule is CC(C)[C@@H]1CC[C@@H](C)C[C@H]1C(O)C(C)(O)C(=O)O. The molecule has 1 aliphatic carbocycles. The van der Waals surface area contributed by atoms with Crippen molar-refractivity contribution >= 4 is 5.97 Å². The van der Waals surface area contributed by atoms with Crippen molar-refractivity contribution in [2.24, 2.45) is 23.7 Å². The second-order valence-corrected chi connectivity index (χ2v) is 6.39. The molecule has 1 saturated carbocycles. The summed E-state index contributed by atoms with van der Waals surface area (Å²) in [5.41, 5.74) is -2.06. The molecule has 1 fully saturated rings. The van der Waals surface area contributed by atoms with Gasteiger partial charge in [-0.05, 0) is 43.4 Å². The van der Waals surface area contributed by atoms with E-state index in [1.165, 1.54) is 6.92 Å². The van der Waals surface area contributed by atoms with Gasteiger partial charge in [0.2, 0.25) is 0 Å². The first-order valence-electron chi connectivity index (χ1n) is 6.81. The minimum Gasteiger partial charge on any atom is -0.479 e. The van der Waals surface area contributed by atoms with Crippen LogP contribution in [0.1, 0.15) is 47.0 Å². The van der Waals surface area contributed by atoms with Crippen molar-refractivity contribution in [3.8, 4) is 0 Å². The summed E-state index contributed by atoms with van der Waals surface area (Å²) in [6.07, 6.45) is 1.69. The summed E-state index contributed by atoms with van der Waals surface area (Å²) in [4.78, 5) is 11.1. The number of aliphatic hydroxyl groups excluding tert-OH is 1. The summed E-state index contributed by atoms with van der Waals surface area (Å²) in [6.45, 7) is 7.49. The zero-order valence-electron chi connectivity index (χ0n) is 11.8. The van der Waals surface area contributed by atoms with E-state index < -0.39 is 17.7 Å². The van der Waals surface area contributed by atoms with Crippen molar-refractivity contribution in [2.75, 3.05) is 0 Å². The molecule has 0 aromatic carbocycles. The molecule has 0 amide bonds. The van der Waals surface area contributed by atoms with E-state index in [0.29, 0.717) is 11.8 Å². The highest BCUT2D eigenvalue weighted by Gasteiger charge is 2.47. The highest BCUT2D eigenvalue weighted by atomic mass is 16.4. The molecule has 0 aromatic rings. The highest BCUT2D eigenvalue weighted by molar-refractivity contribution is 5.77. The van der Waals surface area contributed by atoms with Crippen molar-refractivity contribution in [1.82, 2.24) is 0 Å². The van der Waals surface area contributed by atoms with Gasteiger partial charge in [0, 0.05) is 0 Å². The summed E-state index contributed by atoms with van der Waals surface area (Å²) >= 11 is 0. The molecule has 0 heterocycles. The fourth-order valence-electron chi connectivity index (χ4n) is 3.18. The lowest BCUT2D eigenvalue weighted by atomic mass is 9.65. The van der Waals surface area contributed by atoms with E-state index in [1.54, 1.807) is 0 Å². The Bertz CT molecular complexity index is 298. The fourth-order valence-corrected chi connectivity index (χ4v) is 3.18. The Morgan fingerprint density at radius 3 is 2.28 bits per heavy atom. The second kappa shape index (κ2) is 5.57. The minimum absolute atomic E-state index is 0.139. The van der Waals surface area contributed by atoms with E-state index in [1.807, 2.05) is 0 Å². The van der Waals surface area contributed by atoms with Crippen LogP contribution in [0.3, 0.4) is 0 Å². The van der Waals surface area contributed by atoms with Gasteiger partial charge in [0.1, 0.15) is 0 Å². The van der Waals surface area contributed by atoms with Crippen LogP contribution >= 0.6 is 0 Å². The molecule has 106 valence electrons. The lowest BCUT2D eigenvalue weighted by molar-refractivity contribution is -0.177. The number of aliphatic hydroxyl groups is 2. The molecule has 2 unspecified atom stereocenters. The number of aliphatic carboxylic acids is 1. The Labute approximate surface area is 109 Å². The van der Waals surface area contributed by atoms with Gasteiger partial charge in [-0.25, -0.2) is 4.79 Å². The predicted molar refractivity (Wildman–Crippen MR) is 69.1 cm³/mol. The zero-order valence-corrected chi connectivity index (χ0v) is 11.8.